The average Bonchev–Trinajstić information content (AvgIpc) is 3.39. The molecule has 0 radical (unpaired) electrons. The number of hydrogen-bond donors (Lipinski definition) is 2. The second-order valence-electron chi connectivity index (χ2n) is 7.24. The molecule has 2 heterocycles. The Morgan fingerprint density at radius 1 is 1.06 bits per heavy atom. The van der Waals surface area contributed by atoms with Crippen molar-refractivity contribution in [2.45, 2.75) is 25.2 Å². The summed E-state index contributed by atoms with van der Waals surface area (Å²) in [6.07, 6.45) is -4.60. The van der Waals surface area contributed by atoms with E-state index in [9.17, 15) is 18.3 Å². The van der Waals surface area contributed by atoms with Crippen LogP contribution in [0.15, 0.2) is 48.5 Å². The molecule has 0 bridgehead atoms. The lowest BCUT2D eigenvalue weighted by molar-refractivity contribution is -0.139. The summed E-state index contributed by atoms with van der Waals surface area (Å²) in [6.45, 7) is 1.25. The molecule has 2 aromatic heterocycles. The molecule has 162 valence electrons. The molecule has 31 heavy (non-hydrogen) atoms. The van der Waals surface area contributed by atoms with Gasteiger partial charge in [-0.05, 0) is 42.6 Å². The Morgan fingerprint density at radius 2 is 1.84 bits per heavy atom. The monoisotopic (exact) mass is 465 g/mol. The van der Waals surface area contributed by atoms with E-state index in [4.69, 9.17) is 10.5 Å². The molecule has 0 aliphatic rings. The van der Waals surface area contributed by atoms with E-state index < -0.39 is 17.3 Å². The van der Waals surface area contributed by atoms with Gasteiger partial charge >= 0.3 is 6.18 Å². The van der Waals surface area contributed by atoms with Gasteiger partial charge in [0.05, 0.1) is 17.7 Å². The van der Waals surface area contributed by atoms with Gasteiger partial charge in [-0.2, -0.15) is 13.2 Å². The number of hydrogen-bond acceptors (Lipinski definition) is 7. The Morgan fingerprint density at radius 3 is 2.55 bits per heavy atom. The minimum atomic E-state index is -4.60. The first kappa shape index (κ1) is 21.7. The van der Waals surface area contributed by atoms with E-state index in [1.807, 2.05) is 30.3 Å². The van der Waals surface area contributed by atoms with Gasteiger partial charge in [-0.15, -0.1) is 21.5 Å². The molecule has 0 fully saturated rings. The zero-order valence-corrected chi connectivity index (χ0v) is 17.9. The van der Waals surface area contributed by atoms with Crippen LogP contribution in [-0.2, 0) is 18.3 Å². The standard InChI is InChI=1S/C21H18F3N3O2S2/c1-20(25,11-28)19-27-26-18(31-19)13-6-7-16(15(9-13)21(22,23)24)29-10-14-8-12-4-2-3-5-17(12)30-14/h2-9,28H,10-11,25H2,1H3/t20-/m0/s1. The molecule has 2 aromatic carbocycles. The number of alkyl halides is 3. The van der Waals surface area contributed by atoms with Gasteiger partial charge in [0.2, 0.25) is 0 Å². The van der Waals surface area contributed by atoms with E-state index in [-0.39, 0.29) is 29.5 Å². The van der Waals surface area contributed by atoms with Gasteiger partial charge in [-0.3, -0.25) is 0 Å². The van der Waals surface area contributed by atoms with Crippen molar-refractivity contribution >= 4 is 32.8 Å². The van der Waals surface area contributed by atoms with Crippen molar-refractivity contribution in [1.82, 2.24) is 10.2 Å². The summed E-state index contributed by atoms with van der Waals surface area (Å²) in [5.74, 6) is -0.252. The van der Waals surface area contributed by atoms with E-state index in [1.54, 1.807) is 6.92 Å². The number of ether oxygens (including phenoxy) is 1. The van der Waals surface area contributed by atoms with E-state index in [0.717, 1.165) is 32.4 Å². The molecule has 0 aliphatic heterocycles. The van der Waals surface area contributed by atoms with Gasteiger partial charge in [-0.25, -0.2) is 0 Å². The first-order valence-electron chi connectivity index (χ1n) is 9.23. The highest BCUT2D eigenvalue weighted by molar-refractivity contribution is 7.19. The Bertz CT molecular complexity index is 1190. The molecule has 1 atom stereocenters. The summed E-state index contributed by atoms with van der Waals surface area (Å²) in [5.41, 5.74) is 4.18. The van der Waals surface area contributed by atoms with Crippen LogP contribution in [0, 0.1) is 0 Å². The number of rotatable bonds is 6. The van der Waals surface area contributed by atoms with Crippen LogP contribution in [0.3, 0.4) is 0 Å². The van der Waals surface area contributed by atoms with E-state index in [2.05, 4.69) is 10.2 Å². The first-order valence-corrected chi connectivity index (χ1v) is 10.9. The van der Waals surface area contributed by atoms with Crippen molar-refractivity contribution in [3.63, 3.8) is 0 Å². The smallest absolute Gasteiger partial charge is 0.419 e. The molecule has 0 amide bonds. The fourth-order valence-electron chi connectivity index (χ4n) is 2.91. The van der Waals surface area contributed by atoms with Crippen LogP contribution in [0.5, 0.6) is 5.75 Å². The second-order valence-corrected chi connectivity index (χ2v) is 9.38. The van der Waals surface area contributed by atoms with E-state index in [0.29, 0.717) is 5.01 Å². The van der Waals surface area contributed by atoms with Crippen LogP contribution >= 0.6 is 22.7 Å². The van der Waals surface area contributed by atoms with Crippen molar-refractivity contribution in [3.8, 4) is 16.3 Å². The van der Waals surface area contributed by atoms with Crippen LogP contribution in [-0.4, -0.2) is 21.9 Å². The van der Waals surface area contributed by atoms with E-state index in [1.165, 1.54) is 23.5 Å². The summed E-state index contributed by atoms with van der Waals surface area (Å²) >= 11 is 2.52. The number of halogens is 3. The summed E-state index contributed by atoms with van der Waals surface area (Å²) in [5, 5.41) is 18.9. The lowest BCUT2D eigenvalue weighted by atomic mass is 10.1. The molecule has 0 aliphatic carbocycles. The Kier molecular flexibility index (Phi) is 5.73. The van der Waals surface area contributed by atoms with Gasteiger partial charge < -0.3 is 15.6 Å². The van der Waals surface area contributed by atoms with Crippen molar-refractivity contribution in [1.29, 1.82) is 0 Å². The van der Waals surface area contributed by atoms with E-state index >= 15 is 0 Å². The number of aromatic nitrogens is 2. The number of aliphatic hydroxyl groups excluding tert-OH is 1. The third kappa shape index (κ3) is 4.57. The van der Waals surface area contributed by atoms with Gasteiger partial charge in [0, 0.05) is 15.1 Å². The maximum absolute atomic E-state index is 13.7. The van der Waals surface area contributed by atoms with Crippen molar-refractivity contribution in [2.24, 2.45) is 5.73 Å². The van der Waals surface area contributed by atoms with Crippen molar-refractivity contribution in [2.75, 3.05) is 6.61 Å². The summed E-state index contributed by atoms with van der Waals surface area (Å²) in [4.78, 5) is 0.832. The maximum atomic E-state index is 13.7. The number of nitrogens with two attached hydrogens (primary N) is 1. The normalized spacial score (nSPS) is 14.0. The van der Waals surface area contributed by atoms with Crippen molar-refractivity contribution < 1.29 is 23.0 Å². The number of nitrogens with zero attached hydrogens (tertiary/aromatic N) is 2. The lowest BCUT2D eigenvalue weighted by Crippen LogP contribution is -2.36. The summed E-state index contributed by atoms with van der Waals surface area (Å²) in [7, 11) is 0. The third-order valence-electron chi connectivity index (χ3n) is 4.62. The highest BCUT2D eigenvalue weighted by atomic mass is 32.1. The fourth-order valence-corrected chi connectivity index (χ4v) is 4.77. The third-order valence-corrected chi connectivity index (χ3v) is 6.96. The quantitative estimate of drug-likeness (QED) is 0.410. The number of benzene rings is 2. The van der Waals surface area contributed by atoms with Crippen LogP contribution in [0.4, 0.5) is 13.2 Å². The molecule has 4 rings (SSSR count). The average molecular weight is 466 g/mol. The van der Waals surface area contributed by atoms with Crippen LogP contribution in [0.1, 0.15) is 22.4 Å². The minimum Gasteiger partial charge on any atom is -0.487 e. The van der Waals surface area contributed by atoms with Gasteiger partial charge in [0.25, 0.3) is 0 Å². The SMILES string of the molecule is C[C@](N)(CO)c1nnc(-c2ccc(OCc3cc4ccccc4s3)c(C(F)(F)F)c2)s1. The van der Waals surface area contributed by atoms with Crippen LogP contribution in [0.25, 0.3) is 20.7 Å². The van der Waals surface area contributed by atoms with Crippen LogP contribution < -0.4 is 10.5 Å². The summed E-state index contributed by atoms with van der Waals surface area (Å²) < 4.78 is 47.8. The second kappa shape index (κ2) is 8.19. The van der Waals surface area contributed by atoms with Crippen molar-refractivity contribution in [3.05, 3.63) is 64.0 Å². The minimum absolute atomic E-state index is 0.0345. The van der Waals surface area contributed by atoms with Gasteiger partial charge in [-0.1, -0.05) is 29.5 Å². The largest absolute Gasteiger partial charge is 0.487 e. The first-order chi connectivity index (χ1) is 14.7. The molecular weight excluding hydrogens is 447 g/mol. The molecule has 4 aromatic rings. The van der Waals surface area contributed by atoms with Gasteiger partial charge in [0.15, 0.2) is 0 Å². The highest BCUT2D eigenvalue weighted by Crippen LogP contribution is 2.40. The highest BCUT2D eigenvalue weighted by Gasteiger charge is 2.35. The van der Waals surface area contributed by atoms with Crippen LogP contribution in [0.2, 0.25) is 0 Å². The molecule has 0 saturated heterocycles. The lowest BCUT2D eigenvalue weighted by Gasteiger charge is -2.17. The predicted octanol–water partition coefficient (Wildman–Crippen LogP) is 5.18. The molecule has 5 nitrogen and oxygen atoms in total. The Hall–Kier alpha value is -2.53. The summed E-state index contributed by atoms with van der Waals surface area (Å²) in [6, 6.07) is 13.4. The molecule has 0 saturated carbocycles. The topological polar surface area (TPSA) is 81.3 Å². The number of aliphatic hydroxyl groups is 1. The Labute approximate surface area is 183 Å². The van der Waals surface area contributed by atoms with Gasteiger partial charge in [0.1, 0.15) is 22.4 Å². The molecule has 3 N–H and O–H groups in total. The molecule has 0 unspecified atom stereocenters. The molecular formula is C21H18F3N3O2S2. The number of fused-ring (bicyclic) bond motifs is 1. The molecule has 10 heteroatoms. The maximum Gasteiger partial charge on any atom is 0.419 e. The zero-order valence-electron chi connectivity index (χ0n) is 16.3. The fraction of sp³-hybridized carbons (Fsp3) is 0.238. The Balaban J connectivity index is 1.61. The predicted molar refractivity (Wildman–Crippen MR) is 115 cm³/mol. The zero-order chi connectivity index (χ0) is 22.2. The molecule has 0 spiro atoms. The number of thiophene rings is 1.